The first-order chi connectivity index (χ1) is 10.2. The van der Waals surface area contributed by atoms with Gasteiger partial charge >= 0.3 is 0 Å². The zero-order chi connectivity index (χ0) is 15.1. The van der Waals surface area contributed by atoms with Gasteiger partial charge in [-0.3, -0.25) is 4.79 Å². The van der Waals surface area contributed by atoms with Gasteiger partial charge in [-0.25, -0.2) is 0 Å². The summed E-state index contributed by atoms with van der Waals surface area (Å²) in [5.41, 5.74) is 1.93. The van der Waals surface area contributed by atoms with E-state index in [9.17, 15) is 4.79 Å². The molecule has 0 bridgehead atoms. The van der Waals surface area contributed by atoms with Crippen molar-refractivity contribution in [3.8, 4) is 0 Å². The first-order valence-electron chi connectivity index (χ1n) is 7.82. The van der Waals surface area contributed by atoms with Crippen LogP contribution in [-0.4, -0.2) is 25.6 Å². The average molecular weight is 290 g/mol. The molecule has 0 heterocycles. The van der Waals surface area contributed by atoms with E-state index in [4.69, 9.17) is 4.74 Å². The average Bonchev–Trinajstić information content (AvgIpc) is 2.46. The standard InChI is InChI=1S/C17H26N2O2/c1-13-5-3-8-16(9-13)21-12-14-6-4-7-15(10-14)19-17(20)11-18-2/h4,6-7,10,13,16,18H,3,5,8-9,11-12H2,1-2H3,(H,19,20). The van der Waals surface area contributed by atoms with Crippen molar-refractivity contribution >= 4 is 11.6 Å². The summed E-state index contributed by atoms with van der Waals surface area (Å²) in [6, 6.07) is 7.89. The number of ether oxygens (including phenoxy) is 1. The molecular formula is C17H26N2O2. The number of amides is 1. The summed E-state index contributed by atoms with van der Waals surface area (Å²) in [4.78, 5) is 11.6. The minimum absolute atomic E-state index is 0.0309. The maximum atomic E-state index is 11.6. The lowest BCUT2D eigenvalue weighted by atomic mass is 9.89. The first-order valence-corrected chi connectivity index (χ1v) is 7.82. The van der Waals surface area contributed by atoms with Crippen LogP contribution in [0.5, 0.6) is 0 Å². The van der Waals surface area contributed by atoms with Crippen LogP contribution in [0.3, 0.4) is 0 Å². The van der Waals surface area contributed by atoms with Gasteiger partial charge in [0.15, 0.2) is 0 Å². The van der Waals surface area contributed by atoms with Crippen molar-refractivity contribution in [1.82, 2.24) is 5.32 Å². The number of benzene rings is 1. The minimum atomic E-state index is -0.0309. The van der Waals surface area contributed by atoms with E-state index < -0.39 is 0 Å². The van der Waals surface area contributed by atoms with Crippen LogP contribution in [0.25, 0.3) is 0 Å². The highest BCUT2D eigenvalue weighted by Gasteiger charge is 2.19. The Morgan fingerprint density at radius 2 is 2.24 bits per heavy atom. The van der Waals surface area contributed by atoms with Gasteiger partial charge in [-0.1, -0.05) is 31.9 Å². The second-order valence-electron chi connectivity index (χ2n) is 5.98. The molecule has 2 unspecified atom stereocenters. The van der Waals surface area contributed by atoms with Crippen LogP contribution < -0.4 is 10.6 Å². The van der Waals surface area contributed by atoms with E-state index in [1.165, 1.54) is 25.7 Å². The highest BCUT2D eigenvalue weighted by molar-refractivity contribution is 5.92. The highest BCUT2D eigenvalue weighted by Crippen LogP contribution is 2.26. The van der Waals surface area contributed by atoms with Crippen molar-refractivity contribution < 1.29 is 9.53 Å². The molecule has 21 heavy (non-hydrogen) atoms. The predicted octanol–water partition coefficient (Wildman–Crippen LogP) is 2.94. The molecule has 4 heteroatoms. The number of rotatable bonds is 6. The molecule has 2 rings (SSSR count). The summed E-state index contributed by atoms with van der Waals surface area (Å²) < 4.78 is 6.02. The van der Waals surface area contributed by atoms with Crippen molar-refractivity contribution in [2.24, 2.45) is 5.92 Å². The normalized spacial score (nSPS) is 22.0. The molecule has 1 aliphatic rings. The van der Waals surface area contributed by atoms with E-state index in [2.05, 4.69) is 17.6 Å². The van der Waals surface area contributed by atoms with Gasteiger partial charge in [-0.15, -0.1) is 0 Å². The molecule has 4 nitrogen and oxygen atoms in total. The maximum absolute atomic E-state index is 11.6. The third-order valence-corrected chi connectivity index (χ3v) is 3.92. The lowest BCUT2D eigenvalue weighted by Crippen LogP contribution is -2.25. The molecule has 1 aromatic rings. The van der Waals surface area contributed by atoms with E-state index >= 15 is 0 Å². The Balaban J connectivity index is 1.84. The monoisotopic (exact) mass is 290 g/mol. The van der Waals surface area contributed by atoms with Gasteiger partial charge in [0.25, 0.3) is 0 Å². The Morgan fingerprint density at radius 1 is 1.38 bits per heavy atom. The van der Waals surface area contributed by atoms with Gasteiger partial charge in [-0.2, -0.15) is 0 Å². The van der Waals surface area contributed by atoms with Crippen LogP contribution in [0.1, 0.15) is 38.2 Å². The van der Waals surface area contributed by atoms with Crippen LogP contribution in [-0.2, 0) is 16.1 Å². The SMILES string of the molecule is CNCC(=O)Nc1cccc(COC2CCCC(C)C2)c1. The number of hydrogen-bond donors (Lipinski definition) is 2. The van der Waals surface area contributed by atoms with Crippen LogP contribution in [0.4, 0.5) is 5.69 Å². The third kappa shape index (κ3) is 5.48. The van der Waals surface area contributed by atoms with Gasteiger partial charge in [0.05, 0.1) is 19.3 Å². The molecule has 1 fully saturated rings. The van der Waals surface area contributed by atoms with Gasteiger partial charge in [0.1, 0.15) is 0 Å². The van der Waals surface area contributed by atoms with Crippen LogP contribution >= 0.6 is 0 Å². The van der Waals surface area contributed by atoms with Crippen LogP contribution in [0, 0.1) is 5.92 Å². The van der Waals surface area contributed by atoms with Gasteiger partial charge in [0.2, 0.25) is 5.91 Å². The Hall–Kier alpha value is -1.39. The summed E-state index contributed by atoms with van der Waals surface area (Å²) in [5.74, 6) is 0.743. The number of nitrogens with one attached hydrogen (secondary N) is 2. The zero-order valence-electron chi connectivity index (χ0n) is 13.0. The fraction of sp³-hybridized carbons (Fsp3) is 0.588. The van der Waals surface area contributed by atoms with Crippen molar-refractivity contribution in [3.63, 3.8) is 0 Å². The summed E-state index contributed by atoms with van der Waals surface area (Å²) >= 11 is 0. The minimum Gasteiger partial charge on any atom is -0.374 e. The Kier molecular flexibility index (Phi) is 6.21. The summed E-state index contributed by atoms with van der Waals surface area (Å²) in [6.45, 7) is 3.24. The van der Waals surface area contributed by atoms with E-state index in [1.807, 2.05) is 24.3 Å². The molecule has 1 aliphatic carbocycles. The first kappa shape index (κ1) is 16.0. The quantitative estimate of drug-likeness (QED) is 0.847. The Bertz CT molecular complexity index is 462. The number of carbonyl (C=O) groups is 1. The lowest BCUT2D eigenvalue weighted by Gasteiger charge is -2.26. The Labute approximate surface area is 127 Å². The molecule has 1 amide bonds. The number of carbonyl (C=O) groups excluding carboxylic acids is 1. The topological polar surface area (TPSA) is 50.4 Å². The molecule has 0 saturated heterocycles. The van der Waals surface area contributed by atoms with E-state index in [0.29, 0.717) is 19.3 Å². The fourth-order valence-electron chi connectivity index (χ4n) is 2.85. The highest BCUT2D eigenvalue weighted by atomic mass is 16.5. The van der Waals surface area contributed by atoms with Crippen LogP contribution in [0.2, 0.25) is 0 Å². The van der Waals surface area contributed by atoms with Crippen LogP contribution in [0.15, 0.2) is 24.3 Å². The zero-order valence-corrected chi connectivity index (χ0v) is 13.0. The molecule has 2 N–H and O–H groups in total. The smallest absolute Gasteiger partial charge is 0.238 e. The lowest BCUT2D eigenvalue weighted by molar-refractivity contribution is -0.115. The largest absolute Gasteiger partial charge is 0.374 e. The fourth-order valence-corrected chi connectivity index (χ4v) is 2.85. The summed E-state index contributed by atoms with van der Waals surface area (Å²) in [5, 5.41) is 5.71. The van der Waals surface area contributed by atoms with Crippen molar-refractivity contribution in [1.29, 1.82) is 0 Å². The van der Waals surface area contributed by atoms with Gasteiger partial charge in [0, 0.05) is 5.69 Å². The number of anilines is 1. The molecular weight excluding hydrogens is 264 g/mol. The van der Waals surface area contributed by atoms with Crippen molar-refractivity contribution in [2.45, 2.75) is 45.3 Å². The predicted molar refractivity (Wildman–Crippen MR) is 85.2 cm³/mol. The number of likely N-dealkylation sites (N-methyl/N-ethyl adjacent to an activating group) is 1. The van der Waals surface area contributed by atoms with E-state index in [0.717, 1.165) is 17.2 Å². The molecule has 0 aliphatic heterocycles. The molecule has 1 saturated carbocycles. The second kappa shape index (κ2) is 8.15. The molecule has 0 aromatic heterocycles. The van der Waals surface area contributed by atoms with Gasteiger partial charge in [-0.05, 0) is 43.5 Å². The maximum Gasteiger partial charge on any atom is 0.238 e. The molecule has 2 atom stereocenters. The summed E-state index contributed by atoms with van der Waals surface area (Å²) in [7, 11) is 1.76. The second-order valence-corrected chi connectivity index (χ2v) is 5.98. The van der Waals surface area contributed by atoms with Crippen molar-refractivity contribution in [2.75, 3.05) is 18.9 Å². The number of hydrogen-bond acceptors (Lipinski definition) is 3. The Morgan fingerprint density at radius 3 is 3.00 bits per heavy atom. The summed E-state index contributed by atoms with van der Waals surface area (Å²) in [6.07, 6.45) is 5.32. The van der Waals surface area contributed by atoms with E-state index in [1.54, 1.807) is 7.05 Å². The van der Waals surface area contributed by atoms with Gasteiger partial charge < -0.3 is 15.4 Å². The van der Waals surface area contributed by atoms with E-state index in [-0.39, 0.29) is 5.91 Å². The molecule has 116 valence electrons. The molecule has 0 spiro atoms. The molecule has 1 aromatic carbocycles. The molecule has 0 radical (unpaired) electrons. The van der Waals surface area contributed by atoms with Crippen molar-refractivity contribution in [3.05, 3.63) is 29.8 Å². The third-order valence-electron chi connectivity index (χ3n) is 3.92.